The lowest BCUT2D eigenvalue weighted by molar-refractivity contribution is -0.00710. The lowest BCUT2D eigenvalue weighted by Gasteiger charge is -2.26. The van der Waals surface area contributed by atoms with Crippen LogP contribution in [0.4, 0.5) is 0 Å². The molecule has 1 saturated carbocycles. The molecule has 144 valence electrons. The second-order valence-electron chi connectivity index (χ2n) is 7.47. The molecule has 0 saturated heterocycles. The van der Waals surface area contributed by atoms with Gasteiger partial charge in [0.2, 0.25) is 0 Å². The molecule has 1 amide bonds. The predicted molar refractivity (Wildman–Crippen MR) is 99.5 cm³/mol. The molecule has 1 fully saturated rings. The number of hydrogen-bond acceptors (Lipinski definition) is 5. The van der Waals surface area contributed by atoms with Crippen molar-refractivity contribution in [1.82, 2.24) is 20.1 Å². The van der Waals surface area contributed by atoms with Crippen molar-refractivity contribution in [3.05, 3.63) is 41.0 Å². The number of amides is 1. The number of nitrogens with zero attached hydrogens (tertiary/aromatic N) is 3. The molecule has 0 bridgehead atoms. The number of fused-ring (bicyclic) bond motifs is 1. The van der Waals surface area contributed by atoms with E-state index >= 15 is 0 Å². The molecule has 3 heterocycles. The molecular weight excluding hydrogens is 344 g/mol. The van der Waals surface area contributed by atoms with E-state index in [1.165, 1.54) is 6.42 Å². The Morgan fingerprint density at radius 1 is 1.41 bits per heavy atom. The monoisotopic (exact) mass is 370 g/mol. The Morgan fingerprint density at radius 2 is 2.22 bits per heavy atom. The van der Waals surface area contributed by atoms with Crippen LogP contribution in [-0.2, 0) is 24.8 Å². The minimum Gasteiger partial charge on any atom is -0.490 e. The van der Waals surface area contributed by atoms with Gasteiger partial charge in [-0.1, -0.05) is 0 Å². The Labute approximate surface area is 159 Å². The molecule has 0 unspecified atom stereocenters. The van der Waals surface area contributed by atoms with Gasteiger partial charge in [-0.2, -0.15) is 5.10 Å². The van der Waals surface area contributed by atoms with Crippen molar-refractivity contribution >= 4 is 5.91 Å². The predicted octanol–water partition coefficient (Wildman–Crippen LogP) is 2.70. The number of aromatic nitrogens is 3. The Kier molecular flexibility index (Phi) is 4.86. The minimum absolute atomic E-state index is 0.0743. The zero-order chi connectivity index (χ0) is 19.0. The maximum absolute atomic E-state index is 12.8. The third kappa shape index (κ3) is 3.69. The van der Waals surface area contributed by atoms with Crippen molar-refractivity contribution in [3.63, 3.8) is 0 Å². The van der Waals surface area contributed by atoms with E-state index in [1.54, 1.807) is 17.9 Å². The van der Waals surface area contributed by atoms with Gasteiger partial charge in [-0.3, -0.25) is 14.5 Å². The molecule has 7 nitrogen and oxygen atoms in total. The van der Waals surface area contributed by atoms with Crippen LogP contribution in [0.25, 0.3) is 0 Å². The van der Waals surface area contributed by atoms with Gasteiger partial charge in [0.1, 0.15) is 11.4 Å². The first kappa shape index (κ1) is 18.0. The number of rotatable bonds is 5. The number of nitrogens with one attached hydrogen (secondary N) is 1. The normalized spacial score (nSPS) is 22.0. The molecule has 2 atom stereocenters. The third-order valence-electron chi connectivity index (χ3n) is 5.28. The molecule has 1 N–H and O–H groups in total. The summed E-state index contributed by atoms with van der Waals surface area (Å²) >= 11 is 0. The van der Waals surface area contributed by atoms with Gasteiger partial charge >= 0.3 is 0 Å². The van der Waals surface area contributed by atoms with Crippen molar-refractivity contribution in [2.45, 2.75) is 64.4 Å². The topological polar surface area (TPSA) is 78.3 Å². The Hall–Kier alpha value is -2.41. The summed E-state index contributed by atoms with van der Waals surface area (Å²) in [6, 6.07) is 3.76. The molecule has 0 radical (unpaired) electrons. The van der Waals surface area contributed by atoms with Gasteiger partial charge in [0.05, 0.1) is 36.2 Å². The van der Waals surface area contributed by atoms with Crippen molar-refractivity contribution in [1.29, 1.82) is 0 Å². The first-order chi connectivity index (χ1) is 13.0. The highest BCUT2D eigenvalue weighted by Crippen LogP contribution is 2.31. The quantitative estimate of drug-likeness (QED) is 0.875. The summed E-state index contributed by atoms with van der Waals surface area (Å²) in [6.45, 7) is 4.34. The Morgan fingerprint density at radius 3 is 2.96 bits per heavy atom. The lowest BCUT2D eigenvalue weighted by Crippen LogP contribution is -2.29. The van der Waals surface area contributed by atoms with Crippen LogP contribution in [-0.4, -0.2) is 32.9 Å². The van der Waals surface area contributed by atoms with Gasteiger partial charge in [-0.15, -0.1) is 0 Å². The summed E-state index contributed by atoms with van der Waals surface area (Å²) in [4.78, 5) is 17.2. The number of aryl methyl sites for hydroxylation is 1. The second-order valence-corrected chi connectivity index (χ2v) is 7.47. The smallest absolute Gasteiger partial charge is 0.270 e. The van der Waals surface area contributed by atoms with Gasteiger partial charge in [0.15, 0.2) is 0 Å². The highest BCUT2D eigenvalue weighted by atomic mass is 16.5. The highest BCUT2D eigenvalue weighted by molar-refractivity contribution is 5.94. The van der Waals surface area contributed by atoms with Crippen LogP contribution in [0.1, 0.15) is 66.7 Å². The van der Waals surface area contributed by atoms with Crippen LogP contribution in [0.2, 0.25) is 0 Å². The fourth-order valence-corrected chi connectivity index (χ4v) is 3.71. The number of carbonyl (C=O) groups excluding carboxylic acids is 1. The standard InChI is InChI=1S/C20H26N4O3/c1-12-9-17-18(13(2)26-12)23-24(3)19(17)20(25)22-11-14-10-16(7-8-21-14)27-15-5-4-6-15/h7-8,10,12-13,15H,4-6,9,11H2,1-3H3,(H,22,25)/t12-,13+/m1/s1. The SMILES string of the molecule is C[C@@H]1Cc2c(nn(C)c2C(=O)NCc2cc(OC3CCC3)ccn2)[C@H](C)O1. The molecule has 1 aliphatic carbocycles. The van der Waals surface area contributed by atoms with E-state index in [9.17, 15) is 4.79 Å². The first-order valence-corrected chi connectivity index (χ1v) is 9.62. The van der Waals surface area contributed by atoms with Gasteiger partial charge in [0, 0.05) is 31.3 Å². The fraction of sp³-hybridized carbons (Fsp3) is 0.550. The molecule has 4 rings (SSSR count). The Balaban J connectivity index is 1.45. The van der Waals surface area contributed by atoms with E-state index in [0.29, 0.717) is 24.8 Å². The van der Waals surface area contributed by atoms with Crippen molar-refractivity contribution in [3.8, 4) is 5.75 Å². The molecule has 0 aromatic carbocycles. The zero-order valence-electron chi connectivity index (χ0n) is 16.1. The molecule has 27 heavy (non-hydrogen) atoms. The third-order valence-corrected chi connectivity index (χ3v) is 5.28. The molecule has 7 heteroatoms. The van der Waals surface area contributed by atoms with Gasteiger partial charge in [-0.05, 0) is 39.2 Å². The fourth-order valence-electron chi connectivity index (χ4n) is 3.71. The van der Waals surface area contributed by atoms with E-state index in [4.69, 9.17) is 9.47 Å². The second kappa shape index (κ2) is 7.31. The number of ether oxygens (including phenoxy) is 2. The van der Waals surface area contributed by atoms with Gasteiger partial charge < -0.3 is 14.8 Å². The van der Waals surface area contributed by atoms with Gasteiger partial charge in [-0.25, -0.2) is 0 Å². The lowest BCUT2D eigenvalue weighted by atomic mass is 9.96. The average Bonchev–Trinajstić information content (AvgIpc) is 2.93. The highest BCUT2D eigenvalue weighted by Gasteiger charge is 2.31. The van der Waals surface area contributed by atoms with E-state index in [2.05, 4.69) is 15.4 Å². The largest absolute Gasteiger partial charge is 0.490 e. The number of pyridine rings is 1. The van der Waals surface area contributed by atoms with Crippen LogP contribution in [0.5, 0.6) is 5.75 Å². The summed E-state index contributed by atoms with van der Waals surface area (Å²) in [5.41, 5.74) is 3.22. The first-order valence-electron chi connectivity index (χ1n) is 9.62. The van der Waals surface area contributed by atoms with E-state index in [1.807, 2.05) is 26.0 Å². The maximum Gasteiger partial charge on any atom is 0.270 e. The molecule has 1 aliphatic heterocycles. The maximum atomic E-state index is 12.8. The molecule has 2 aromatic heterocycles. The van der Waals surface area contributed by atoms with Gasteiger partial charge in [0.25, 0.3) is 5.91 Å². The summed E-state index contributed by atoms with van der Waals surface area (Å²) in [5, 5.41) is 7.47. The summed E-state index contributed by atoms with van der Waals surface area (Å²) in [7, 11) is 1.80. The van der Waals surface area contributed by atoms with Crippen LogP contribution < -0.4 is 10.1 Å². The molecule has 2 aliphatic rings. The van der Waals surface area contributed by atoms with Crippen LogP contribution in [0.15, 0.2) is 18.3 Å². The van der Waals surface area contributed by atoms with Crippen LogP contribution in [0, 0.1) is 0 Å². The van der Waals surface area contributed by atoms with E-state index in [-0.39, 0.29) is 18.1 Å². The van der Waals surface area contributed by atoms with Crippen molar-refractivity contribution < 1.29 is 14.3 Å². The van der Waals surface area contributed by atoms with Crippen LogP contribution in [0.3, 0.4) is 0 Å². The summed E-state index contributed by atoms with van der Waals surface area (Å²) in [6.07, 6.45) is 6.17. The number of carbonyl (C=O) groups is 1. The molecular formula is C20H26N4O3. The van der Waals surface area contributed by atoms with Crippen LogP contribution >= 0.6 is 0 Å². The molecule has 0 spiro atoms. The van der Waals surface area contributed by atoms with E-state index in [0.717, 1.165) is 35.5 Å². The van der Waals surface area contributed by atoms with Crippen molar-refractivity contribution in [2.24, 2.45) is 7.05 Å². The minimum atomic E-state index is -0.139. The summed E-state index contributed by atoms with van der Waals surface area (Å²) < 4.78 is 13.4. The number of hydrogen-bond donors (Lipinski definition) is 1. The molecule has 2 aromatic rings. The Bertz CT molecular complexity index is 844. The van der Waals surface area contributed by atoms with Crippen molar-refractivity contribution in [2.75, 3.05) is 0 Å². The zero-order valence-corrected chi connectivity index (χ0v) is 16.1. The summed E-state index contributed by atoms with van der Waals surface area (Å²) in [5.74, 6) is 0.677. The average molecular weight is 370 g/mol. The van der Waals surface area contributed by atoms with E-state index < -0.39 is 0 Å².